The topological polar surface area (TPSA) is 96.7 Å². The van der Waals surface area contributed by atoms with Gasteiger partial charge in [0.25, 0.3) is 11.8 Å². The maximum absolute atomic E-state index is 15.2. The number of amides is 2. The van der Waals surface area contributed by atoms with Gasteiger partial charge in [-0.05, 0) is 104 Å². The summed E-state index contributed by atoms with van der Waals surface area (Å²) in [7, 11) is 0. The normalized spacial score (nSPS) is 17.6. The summed E-state index contributed by atoms with van der Waals surface area (Å²) in [5.41, 5.74) is 4.90. The summed E-state index contributed by atoms with van der Waals surface area (Å²) in [5, 5.41) is 10.1. The summed E-state index contributed by atoms with van der Waals surface area (Å²) in [6.45, 7) is 4.60. The molecule has 4 aromatic carbocycles. The van der Waals surface area contributed by atoms with Gasteiger partial charge >= 0.3 is 6.18 Å². The summed E-state index contributed by atoms with van der Waals surface area (Å²) in [5.74, 6) is 0.318. The summed E-state index contributed by atoms with van der Waals surface area (Å²) in [6.07, 6.45) is -1.60. The molecule has 4 aliphatic heterocycles. The molecule has 0 radical (unpaired) electrons. The Kier molecular flexibility index (Phi) is 10.9. The lowest BCUT2D eigenvalue weighted by Gasteiger charge is -2.40. The zero-order valence-corrected chi connectivity index (χ0v) is 32.4. The highest BCUT2D eigenvalue weighted by atomic mass is 35.5. The van der Waals surface area contributed by atoms with Crippen LogP contribution < -0.4 is 14.4 Å². The van der Waals surface area contributed by atoms with Crippen LogP contribution in [0.2, 0.25) is 0 Å². The lowest BCUT2D eigenvalue weighted by molar-refractivity contribution is -0.137. The Labute approximate surface area is 339 Å². The highest BCUT2D eigenvalue weighted by Gasteiger charge is 2.37. The van der Waals surface area contributed by atoms with Gasteiger partial charge < -0.3 is 28.8 Å². The van der Waals surface area contributed by atoms with Crippen LogP contribution in [0.3, 0.4) is 0 Å². The van der Waals surface area contributed by atoms with Crippen LogP contribution >= 0.6 is 12.4 Å². The van der Waals surface area contributed by atoms with Gasteiger partial charge in [0, 0.05) is 67.1 Å². The third-order valence-electron chi connectivity index (χ3n) is 11.5. The van der Waals surface area contributed by atoms with E-state index < -0.39 is 17.6 Å². The van der Waals surface area contributed by atoms with Crippen LogP contribution in [0.1, 0.15) is 55.9 Å². The molecule has 0 unspecified atom stereocenters. The maximum Gasteiger partial charge on any atom is 0.416 e. The lowest BCUT2D eigenvalue weighted by atomic mass is 9.92. The molecule has 0 bridgehead atoms. The van der Waals surface area contributed by atoms with E-state index in [1.54, 1.807) is 24.3 Å². The number of benzene rings is 4. The number of rotatable bonds is 7. The zero-order chi connectivity index (χ0) is 39.3. The summed E-state index contributed by atoms with van der Waals surface area (Å²) in [6, 6.07) is 23.9. The number of carbonyl (C=O) groups is 2. The fraction of sp³-hybridized carbons (Fsp3) is 0.318. The Bertz CT molecular complexity index is 2330. The molecule has 10 nitrogen and oxygen atoms in total. The maximum atomic E-state index is 15.2. The molecule has 0 aliphatic carbocycles. The van der Waals surface area contributed by atoms with Gasteiger partial charge in [0.2, 0.25) is 6.79 Å². The number of ether oxygens (including phenoxy) is 3. The smallest absolute Gasteiger partial charge is 0.416 e. The minimum atomic E-state index is -4.55. The Balaban J connectivity index is 0.00000469. The van der Waals surface area contributed by atoms with Crippen LogP contribution in [-0.4, -0.2) is 77.0 Å². The Hall–Kier alpha value is -5.50. The minimum absolute atomic E-state index is 0. The molecule has 1 atom stereocenters. The van der Waals surface area contributed by atoms with E-state index in [0.717, 1.165) is 49.3 Å². The first kappa shape index (κ1) is 39.3. The van der Waals surface area contributed by atoms with E-state index in [9.17, 15) is 23.1 Å². The van der Waals surface area contributed by atoms with Crippen molar-refractivity contribution >= 4 is 35.6 Å². The third-order valence-corrected chi connectivity index (χ3v) is 11.5. The predicted molar refractivity (Wildman–Crippen MR) is 213 cm³/mol. The molecule has 1 aromatic heterocycles. The fourth-order valence-corrected chi connectivity index (χ4v) is 8.55. The van der Waals surface area contributed by atoms with Crippen LogP contribution in [0.15, 0.2) is 91.0 Å². The number of anilines is 2. The number of nitrogens with zero attached hydrogens (tertiary/aromatic N) is 4. The lowest BCUT2D eigenvalue weighted by Crippen LogP contribution is -2.52. The van der Waals surface area contributed by atoms with Gasteiger partial charge in [-0.3, -0.25) is 19.4 Å². The van der Waals surface area contributed by atoms with Gasteiger partial charge in [-0.2, -0.15) is 13.2 Å². The number of aromatic hydroxyl groups is 1. The van der Waals surface area contributed by atoms with Crippen molar-refractivity contribution < 1.29 is 42.1 Å². The average Bonchev–Trinajstić information content (AvgIpc) is 3.85. The van der Waals surface area contributed by atoms with Gasteiger partial charge in [0.05, 0.1) is 29.9 Å². The number of carbonyl (C=O) groups excluding carboxylic acids is 2. The standard InChI is InChI=1S/C44H41F3N4O6.ClH/c45-44(46,47)30-8-10-31(11-9-30)51(32-12-14-34(52)15-13-32)43(54)37-22-39(49-16-4-3-7-38(37)49)35-23-40-41(57-27-56-40)24-36(35)42(53)50-25-29-6-2-1-5-28(29)21-33(50)26-48-17-19-55-20-18-48;/h1-2,5-6,8-15,22-24,33,52H,3-4,7,16-21,25-27H2;1H/t33-;/m0./s1. The molecule has 1 N–H and O–H groups in total. The highest BCUT2D eigenvalue weighted by Crippen LogP contribution is 2.43. The van der Waals surface area contributed by atoms with Crippen molar-refractivity contribution in [2.24, 2.45) is 0 Å². The van der Waals surface area contributed by atoms with Crippen molar-refractivity contribution in [1.29, 1.82) is 0 Å². The number of hydrogen-bond acceptors (Lipinski definition) is 7. The highest BCUT2D eigenvalue weighted by molar-refractivity contribution is 6.13. The molecule has 5 aromatic rings. The molecule has 0 spiro atoms. The van der Waals surface area contributed by atoms with Crippen molar-refractivity contribution in [3.05, 3.63) is 125 Å². The number of phenolic OH excluding ortho intramolecular Hbond substituents is 1. The average molecular weight is 815 g/mol. The van der Waals surface area contributed by atoms with E-state index in [1.165, 1.54) is 34.7 Å². The number of morpholine rings is 1. The van der Waals surface area contributed by atoms with Crippen LogP contribution in [0.25, 0.3) is 11.3 Å². The van der Waals surface area contributed by atoms with Gasteiger partial charge in [-0.1, -0.05) is 24.3 Å². The number of aromatic nitrogens is 1. The van der Waals surface area contributed by atoms with Crippen molar-refractivity contribution in [3.8, 4) is 28.5 Å². The molecule has 1 fully saturated rings. The molecular formula is C44H42ClF3N4O6. The molecule has 9 rings (SSSR count). The quantitative estimate of drug-likeness (QED) is 0.177. The van der Waals surface area contributed by atoms with Crippen LogP contribution in [0.5, 0.6) is 17.2 Å². The van der Waals surface area contributed by atoms with Crippen molar-refractivity contribution in [2.75, 3.05) is 44.5 Å². The SMILES string of the molecule is Cl.O=C(c1cc(-c2cc3c(cc2C(=O)N2Cc4ccccc4C[C@H]2CN2CCOCC2)OCO3)n2c1CCCC2)N(c1ccc(O)cc1)c1ccc(C(F)(F)F)cc1. The number of halogens is 4. The van der Waals surface area contributed by atoms with E-state index in [1.807, 2.05) is 23.1 Å². The van der Waals surface area contributed by atoms with Gasteiger partial charge in [0.1, 0.15) is 5.75 Å². The van der Waals surface area contributed by atoms with E-state index in [2.05, 4.69) is 21.6 Å². The molecule has 1 saturated heterocycles. The van der Waals surface area contributed by atoms with Gasteiger partial charge in [-0.25, -0.2) is 0 Å². The first-order valence-corrected chi connectivity index (χ1v) is 19.3. The third kappa shape index (κ3) is 7.49. The molecule has 5 heterocycles. The number of fused-ring (bicyclic) bond motifs is 3. The molecule has 0 saturated carbocycles. The number of phenols is 1. The van der Waals surface area contributed by atoms with Crippen LogP contribution in [0, 0.1) is 0 Å². The second-order valence-electron chi connectivity index (χ2n) is 14.9. The number of hydrogen-bond donors (Lipinski definition) is 1. The van der Waals surface area contributed by atoms with E-state index >= 15 is 4.79 Å². The van der Waals surface area contributed by atoms with Crippen LogP contribution in [0.4, 0.5) is 24.5 Å². The molecule has 58 heavy (non-hydrogen) atoms. The largest absolute Gasteiger partial charge is 0.508 e. The second kappa shape index (κ2) is 16.0. The van der Waals surface area contributed by atoms with Crippen LogP contribution in [-0.2, 0) is 36.8 Å². The predicted octanol–water partition coefficient (Wildman–Crippen LogP) is 8.24. The Morgan fingerprint density at radius 3 is 2.19 bits per heavy atom. The molecular weight excluding hydrogens is 773 g/mol. The van der Waals surface area contributed by atoms with Crippen molar-refractivity contribution in [2.45, 2.75) is 51.0 Å². The number of alkyl halides is 3. The first-order valence-electron chi connectivity index (χ1n) is 19.3. The monoisotopic (exact) mass is 814 g/mol. The minimum Gasteiger partial charge on any atom is -0.508 e. The summed E-state index contributed by atoms with van der Waals surface area (Å²) >= 11 is 0. The molecule has 4 aliphatic rings. The van der Waals surface area contributed by atoms with Crippen molar-refractivity contribution in [3.63, 3.8) is 0 Å². The molecule has 302 valence electrons. The van der Waals surface area contributed by atoms with Crippen molar-refractivity contribution in [1.82, 2.24) is 14.4 Å². The van der Waals surface area contributed by atoms with E-state index in [4.69, 9.17) is 14.2 Å². The van der Waals surface area contributed by atoms with E-state index in [-0.39, 0.29) is 42.6 Å². The van der Waals surface area contributed by atoms with Gasteiger partial charge in [0.15, 0.2) is 11.5 Å². The van der Waals surface area contributed by atoms with E-state index in [0.29, 0.717) is 85.3 Å². The zero-order valence-electron chi connectivity index (χ0n) is 31.5. The first-order chi connectivity index (χ1) is 27.6. The summed E-state index contributed by atoms with van der Waals surface area (Å²) < 4.78 is 60.1. The Morgan fingerprint density at radius 1 is 0.810 bits per heavy atom. The fourth-order valence-electron chi connectivity index (χ4n) is 8.55. The summed E-state index contributed by atoms with van der Waals surface area (Å²) in [4.78, 5) is 35.8. The molecule has 2 amide bonds. The Morgan fingerprint density at radius 2 is 1.48 bits per heavy atom. The molecule has 14 heteroatoms. The van der Waals surface area contributed by atoms with Gasteiger partial charge in [-0.15, -0.1) is 12.4 Å². The second-order valence-corrected chi connectivity index (χ2v) is 14.9.